The predicted molar refractivity (Wildman–Crippen MR) is 123 cm³/mol. The Bertz CT molecular complexity index is 969. The smallest absolute Gasteiger partial charge is 0.323 e. The molecule has 3 amide bonds. The monoisotopic (exact) mass is 440 g/mol. The molecule has 1 N–H and O–H groups in total. The van der Waals surface area contributed by atoms with Crippen LogP contribution in [0.4, 0.5) is 4.79 Å². The summed E-state index contributed by atoms with van der Waals surface area (Å²) in [5, 5.41) is 4.18. The maximum atomic E-state index is 13.4. The van der Waals surface area contributed by atoms with Crippen molar-refractivity contribution >= 4 is 33.5 Å². The summed E-state index contributed by atoms with van der Waals surface area (Å²) in [6, 6.07) is 8.14. The van der Waals surface area contributed by atoms with Gasteiger partial charge in [0.25, 0.3) is 5.91 Å². The number of benzene rings is 1. The number of nitrogens with zero attached hydrogens (tertiary/aromatic N) is 3. The number of aromatic nitrogens is 1. The quantitative estimate of drug-likeness (QED) is 0.688. The van der Waals surface area contributed by atoms with Crippen molar-refractivity contribution < 1.29 is 9.59 Å². The first-order chi connectivity index (χ1) is 14.8. The Hall–Kier alpha value is -1.99. The van der Waals surface area contributed by atoms with Crippen LogP contribution >= 0.6 is 11.3 Å². The zero-order valence-corrected chi connectivity index (χ0v) is 19.5. The third-order valence-electron chi connectivity index (χ3n) is 7.59. The number of rotatable bonds is 3. The highest BCUT2D eigenvalue weighted by Gasteiger charge is 2.53. The van der Waals surface area contributed by atoms with Gasteiger partial charge < -0.3 is 5.32 Å². The van der Waals surface area contributed by atoms with Crippen molar-refractivity contribution in [3.05, 3.63) is 29.3 Å². The molecule has 1 atom stereocenters. The molecule has 1 aromatic heterocycles. The van der Waals surface area contributed by atoms with Crippen LogP contribution < -0.4 is 5.32 Å². The van der Waals surface area contributed by atoms with Crippen molar-refractivity contribution in [1.82, 2.24) is 20.1 Å². The van der Waals surface area contributed by atoms with E-state index in [9.17, 15) is 9.59 Å². The molecule has 3 heterocycles. The summed E-state index contributed by atoms with van der Waals surface area (Å²) in [7, 11) is 0. The summed E-state index contributed by atoms with van der Waals surface area (Å²) in [6.45, 7) is 8.05. The second kappa shape index (κ2) is 7.55. The second-order valence-corrected chi connectivity index (χ2v) is 11.6. The number of nitrogens with one attached hydrogen (secondary N) is 1. The molecule has 5 rings (SSSR count). The van der Waals surface area contributed by atoms with E-state index in [1.54, 1.807) is 11.3 Å². The first kappa shape index (κ1) is 20.9. The van der Waals surface area contributed by atoms with Gasteiger partial charge in [-0.25, -0.2) is 14.7 Å². The minimum Gasteiger partial charge on any atom is -0.323 e. The highest BCUT2D eigenvalue weighted by atomic mass is 32.1. The maximum Gasteiger partial charge on any atom is 0.326 e. The molecule has 6 nitrogen and oxygen atoms in total. The summed E-state index contributed by atoms with van der Waals surface area (Å²) in [6.07, 6.45) is 5.54. The lowest BCUT2D eigenvalue weighted by Gasteiger charge is -2.40. The Balaban J connectivity index is 1.30. The number of likely N-dealkylation sites (tertiary alicyclic amines) is 1. The molecule has 166 valence electrons. The summed E-state index contributed by atoms with van der Waals surface area (Å²) in [5.74, 6) is 0.568. The van der Waals surface area contributed by atoms with Crippen molar-refractivity contribution in [1.29, 1.82) is 0 Å². The van der Waals surface area contributed by atoms with Crippen LogP contribution in [0.1, 0.15) is 70.3 Å². The van der Waals surface area contributed by atoms with Crippen LogP contribution in [0.3, 0.4) is 0 Å². The number of thiazole rings is 1. The third kappa shape index (κ3) is 3.65. The first-order valence-corrected chi connectivity index (χ1v) is 12.3. The molecule has 2 aliphatic heterocycles. The van der Waals surface area contributed by atoms with Crippen LogP contribution in [0.2, 0.25) is 0 Å². The van der Waals surface area contributed by atoms with Gasteiger partial charge >= 0.3 is 6.03 Å². The van der Waals surface area contributed by atoms with Gasteiger partial charge in [0, 0.05) is 6.54 Å². The van der Waals surface area contributed by atoms with Crippen LogP contribution in [0.25, 0.3) is 10.2 Å². The van der Waals surface area contributed by atoms with Crippen LogP contribution in [0, 0.1) is 11.3 Å². The molecule has 2 saturated heterocycles. The fourth-order valence-electron chi connectivity index (χ4n) is 5.61. The van der Waals surface area contributed by atoms with Gasteiger partial charge in [0.05, 0.1) is 22.9 Å². The average molecular weight is 441 g/mol. The Labute approximate surface area is 188 Å². The van der Waals surface area contributed by atoms with Gasteiger partial charge in [-0.15, -0.1) is 11.3 Å². The number of hydrogen-bond donors (Lipinski definition) is 1. The van der Waals surface area contributed by atoms with Crippen molar-refractivity contribution in [2.45, 2.75) is 70.9 Å². The Morgan fingerprint density at radius 1 is 1.16 bits per heavy atom. The van der Waals surface area contributed by atoms with Crippen LogP contribution in [-0.4, -0.2) is 45.5 Å². The van der Waals surface area contributed by atoms with E-state index < -0.39 is 5.54 Å². The van der Waals surface area contributed by atoms with E-state index in [0.717, 1.165) is 55.6 Å². The van der Waals surface area contributed by atoms with Crippen LogP contribution in [0.15, 0.2) is 24.3 Å². The Morgan fingerprint density at radius 3 is 2.61 bits per heavy atom. The summed E-state index contributed by atoms with van der Waals surface area (Å²) in [5.41, 5.74) is 0.579. The van der Waals surface area contributed by atoms with E-state index >= 15 is 0 Å². The zero-order valence-electron chi connectivity index (χ0n) is 18.7. The molecule has 2 aromatic rings. The number of amides is 3. The van der Waals surface area contributed by atoms with Crippen LogP contribution in [0.5, 0.6) is 0 Å². The predicted octanol–water partition coefficient (Wildman–Crippen LogP) is 4.92. The molecule has 7 heteroatoms. The van der Waals surface area contributed by atoms with Crippen LogP contribution in [-0.2, 0) is 4.79 Å². The lowest BCUT2D eigenvalue weighted by molar-refractivity contribution is -0.134. The lowest BCUT2D eigenvalue weighted by Crippen LogP contribution is -2.51. The van der Waals surface area contributed by atoms with Gasteiger partial charge in [-0.2, -0.15) is 0 Å². The van der Waals surface area contributed by atoms with Crippen molar-refractivity contribution in [2.24, 2.45) is 11.3 Å². The molecular weight excluding hydrogens is 408 g/mol. The molecule has 1 spiro atoms. The van der Waals surface area contributed by atoms with Gasteiger partial charge in [0.1, 0.15) is 10.5 Å². The number of carbonyl (C=O) groups excluding carboxylic acids is 2. The molecule has 31 heavy (non-hydrogen) atoms. The van der Waals surface area contributed by atoms with Crippen molar-refractivity contribution in [2.75, 3.05) is 13.2 Å². The number of imide groups is 1. The second-order valence-electron chi connectivity index (χ2n) is 10.5. The minimum atomic E-state index is -0.691. The Morgan fingerprint density at radius 2 is 1.90 bits per heavy atom. The number of carbonyl (C=O) groups is 2. The standard InChI is InChI=1S/C24H32N4O2S/c1-23(2,3)16-10-12-24(13-11-16)21(29)28(22(30)26-24)15-27-14-6-8-18(27)20-25-17-7-4-5-9-19(17)31-20/h4-5,7,9,16,18H,6,8,10-15H2,1-3H3,(H,26,30). The highest BCUT2D eigenvalue weighted by molar-refractivity contribution is 7.18. The van der Waals surface area contributed by atoms with Gasteiger partial charge in [-0.3, -0.25) is 9.69 Å². The normalized spacial score (nSPS) is 30.0. The molecule has 0 bridgehead atoms. The van der Waals surface area contributed by atoms with Crippen molar-refractivity contribution in [3.8, 4) is 0 Å². The Kier molecular flexibility index (Phi) is 5.09. The SMILES string of the molecule is CC(C)(C)C1CCC2(CC1)NC(=O)N(CN1CCCC1c1nc3ccccc3s1)C2=O. The molecule has 1 saturated carbocycles. The number of urea groups is 1. The molecule has 1 aromatic carbocycles. The van der Waals surface area contributed by atoms with Gasteiger partial charge in [-0.1, -0.05) is 32.9 Å². The summed E-state index contributed by atoms with van der Waals surface area (Å²) < 4.78 is 1.19. The molecule has 3 fully saturated rings. The first-order valence-electron chi connectivity index (χ1n) is 11.5. The van der Waals surface area contributed by atoms with Crippen molar-refractivity contribution in [3.63, 3.8) is 0 Å². The highest BCUT2D eigenvalue weighted by Crippen LogP contribution is 2.44. The fourth-order valence-corrected chi connectivity index (χ4v) is 6.75. The van der Waals surface area contributed by atoms with E-state index in [2.05, 4.69) is 37.1 Å². The van der Waals surface area contributed by atoms with Gasteiger partial charge in [0.2, 0.25) is 0 Å². The summed E-state index contributed by atoms with van der Waals surface area (Å²) >= 11 is 1.73. The molecule has 1 unspecified atom stereocenters. The van der Waals surface area contributed by atoms with Gasteiger partial charge in [0.15, 0.2) is 0 Å². The largest absolute Gasteiger partial charge is 0.326 e. The molecule has 1 aliphatic carbocycles. The van der Waals surface area contributed by atoms with E-state index in [1.165, 1.54) is 9.60 Å². The number of fused-ring (bicyclic) bond motifs is 1. The van der Waals surface area contributed by atoms with E-state index in [0.29, 0.717) is 12.6 Å². The number of para-hydroxylation sites is 1. The molecule has 3 aliphatic rings. The lowest BCUT2D eigenvalue weighted by atomic mass is 9.67. The molecule has 0 radical (unpaired) electrons. The van der Waals surface area contributed by atoms with E-state index in [4.69, 9.17) is 4.98 Å². The average Bonchev–Trinajstić information content (AvgIpc) is 3.41. The minimum absolute atomic E-state index is 0.0280. The fraction of sp³-hybridized carbons (Fsp3) is 0.625. The third-order valence-corrected chi connectivity index (χ3v) is 8.73. The molecular formula is C24H32N4O2S. The number of hydrogen-bond acceptors (Lipinski definition) is 5. The van der Waals surface area contributed by atoms with E-state index in [1.807, 2.05) is 18.2 Å². The summed E-state index contributed by atoms with van der Waals surface area (Å²) in [4.78, 5) is 34.9. The maximum absolute atomic E-state index is 13.4. The van der Waals surface area contributed by atoms with Gasteiger partial charge in [-0.05, 0) is 62.0 Å². The topological polar surface area (TPSA) is 65.5 Å². The zero-order chi connectivity index (χ0) is 21.8. The van der Waals surface area contributed by atoms with E-state index in [-0.39, 0.29) is 23.4 Å².